The van der Waals surface area contributed by atoms with Gasteiger partial charge >= 0.3 is 0 Å². The lowest BCUT2D eigenvalue weighted by Crippen LogP contribution is -2.41. The van der Waals surface area contributed by atoms with Crippen molar-refractivity contribution in [2.75, 3.05) is 0 Å². The first-order chi connectivity index (χ1) is 14.9. The minimum atomic E-state index is -0.251. The molecule has 0 atom stereocenters. The molecule has 0 bridgehead atoms. The van der Waals surface area contributed by atoms with Crippen LogP contribution in [-0.2, 0) is 6.54 Å². The SMILES string of the molecule is CC(Br)=CCB(c1ccc(F)cc1)c1ccc(F)cc1.CCC=C(F)Cn1ccnc1. The summed E-state index contributed by atoms with van der Waals surface area (Å²) in [6, 6.07) is 12.9. The van der Waals surface area contributed by atoms with Crippen LogP contribution in [0.4, 0.5) is 13.2 Å². The summed E-state index contributed by atoms with van der Waals surface area (Å²) in [4.78, 5) is 3.80. The fourth-order valence-electron chi connectivity index (χ4n) is 2.98. The first kappa shape index (κ1) is 24.7. The fourth-order valence-corrected chi connectivity index (χ4v) is 3.16. The molecule has 0 aliphatic carbocycles. The Labute approximate surface area is 190 Å². The lowest BCUT2D eigenvalue weighted by molar-refractivity contribution is 0.551. The lowest BCUT2D eigenvalue weighted by atomic mass is 9.39. The predicted molar refractivity (Wildman–Crippen MR) is 127 cm³/mol. The van der Waals surface area contributed by atoms with E-state index in [-0.39, 0.29) is 24.2 Å². The molecule has 3 rings (SSSR count). The largest absolute Gasteiger partial charge is 0.331 e. The molecule has 0 amide bonds. The van der Waals surface area contributed by atoms with E-state index in [0.717, 1.165) is 28.1 Å². The molecule has 2 nitrogen and oxygen atoms in total. The van der Waals surface area contributed by atoms with Crippen LogP contribution in [0.5, 0.6) is 0 Å². The van der Waals surface area contributed by atoms with Gasteiger partial charge in [0.1, 0.15) is 17.5 Å². The van der Waals surface area contributed by atoms with E-state index in [1.807, 2.05) is 13.8 Å². The van der Waals surface area contributed by atoms with Gasteiger partial charge in [0.25, 0.3) is 0 Å². The summed E-state index contributed by atoms with van der Waals surface area (Å²) in [5, 5.41) is 0. The van der Waals surface area contributed by atoms with Crippen LogP contribution in [0.2, 0.25) is 6.32 Å². The van der Waals surface area contributed by atoms with Crippen LogP contribution in [0.3, 0.4) is 0 Å². The van der Waals surface area contributed by atoms with Gasteiger partial charge in [0.15, 0.2) is 0 Å². The highest BCUT2D eigenvalue weighted by atomic mass is 79.9. The van der Waals surface area contributed by atoms with Crippen LogP contribution in [0.1, 0.15) is 20.3 Å². The van der Waals surface area contributed by atoms with Crippen molar-refractivity contribution >= 4 is 33.6 Å². The molecule has 0 aliphatic rings. The van der Waals surface area contributed by atoms with Gasteiger partial charge in [0.05, 0.1) is 12.9 Å². The van der Waals surface area contributed by atoms with Crippen molar-refractivity contribution in [3.8, 4) is 0 Å². The molecule has 0 fully saturated rings. The average molecular weight is 489 g/mol. The molecule has 1 heterocycles. The van der Waals surface area contributed by atoms with Crippen molar-refractivity contribution in [3.05, 3.63) is 101 Å². The maximum atomic E-state index is 13.1. The molecule has 0 spiro atoms. The second-order valence-corrected chi connectivity index (χ2v) is 8.23. The van der Waals surface area contributed by atoms with Gasteiger partial charge in [0, 0.05) is 12.4 Å². The van der Waals surface area contributed by atoms with Crippen molar-refractivity contribution in [1.82, 2.24) is 9.55 Å². The minimum absolute atomic E-state index is 0.0868. The van der Waals surface area contributed by atoms with Gasteiger partial charge in [0.2, 0.25) is 6.71 Å². The van der Waals surface area contributed by atoms with Crippen molar-refractivity contribution in [3.63, 3.8) is 0 Å². The summed E-state index contributed by atoms with van der Waals surface area (Å²) in [5.41, 5.74) is 2.03. The minimum Gasteiger partial charge on any atom is -0.331 e. The van der Waals surface area contributed by atoms with Crippen LogP contribution in [-0.4, -0.2) is 16.3 Å². The van der Waals surface area contributed by atoms with Crippen molar-refractivity contribution in [1.29, 1.82) is 0 Å². The Hall–Kier alpha value is -2.54. The summed E-state index contributed by atoms with van der Waals surface area (Å²) in [5.74, 6) is -0.608. The molecule has 3 aromatic rings. The van der Waals surface area contributed by atoms with Gasteiger partial charge in [-0.3, -0.25) is 0 Å². The molecule has 0 radical (unpaired) electrons. The van der Waals surface area contributed by atoms with E-state index in [0.29, 0.717) is 6.54 Å². The maximum Gasteiger partial charge on any atom is 0.213 e. The summed E-state index contributed by atoms with van der Waals surface area (Å²) in [6.07, 6.45) is 10.1. The summed E-state index contributed by atoms with van der Waals surface area (Å²) < 4.78 is 41.6. The monoisotopic (exact) mass is 488 g/mol. The summed E-state index contributed by atoms with van der Waals surface area (Å²) >= 11 is 3.41. The van der Waals surface area contributed by atoms with Gasteiger partial charge in [-0.1, -0.05) is 70.2 Å². The van der Waals surface area contributed by atoms with Crippen LogP contribution in [0.25, 0.3) is 0 Å². The molecule has 0 saturated carbocycles. The van der Waals surface area contributed by atoms with Crippen molar-refractivity contribution in [2.45, 2.75) is 33.1 Å². The number of aromatic nitrogens is 2. The van der Waals surface area contributed by atoms with E-state index in [1.165, 1.54) is 24.3 Å². The van der Waals surface area contributed by atoms with Crippen LogP contribution >= 0.6 is 15.9 Å². The van der Waals surface area contributed by atoms with E-state index in [2.05, 4.69) is 27.0 Å². The Kier molecular flexibility index (Phi) is 10.4. The molecular formula is C24H25BBrF3N2. The molecule has 0 unspecified atom stereocenters. The number of nitrogens with zero attached hydrogens (tertiary/aromatic N) is 2. The predicted octanol–water partition coefficient (Wildman–Crippen LogP) is 6.02. The Morgan fingerprint density at radius 2 is 1.55 bits per heavy atom. The maximum absolute atomic E-state index is 13.1. The van der Waals surface area contributed by atoms with Gasteiger partial charge in [-0.2, -0.15) is 0 Å². The topological polar surface area (TPSA) is 17.8 Å². The third-order valence-corrected chi connectivity index (χ3v) is 4.82. The third-order valence-electron chi connectivity index (χ3n) is 4.50. The van der Waals surface area contributed by atoms with E-state index in [9.17, 15) is 13.2 Å². The van der Waals surface area contributed by atoms with Gasteiger partial charge in [-0.15, -0.1) is 0 Å². The number of imidazole rings is 1. The number of hydrogen-bond acceptors (Lipinski definition) is 1. The van der Waals surface area contributed by atoms with Crippen molar-refractivity contribution < 1.29 is 13.2 Å². The zero-order valence-electron chi connectivity index (χ0n) is 17.6. The molecule has 162 valence electrons. The fraction of sp³-hybridized carbons (Fsp3) is 0.208. The zero-order valence-corrected chi connectivity index (χ0v) is 19.2. The van der Waals surface area contributed by atoms with E-state index in [1.54, 1.807) is 53.6 Å². The Bertz CT molecular complexity index is 920. The standard InChI is InChI=1S/C16H14BBrF2.C8H11FN2/c1-12(18)10-11-17(13-2-6-15(19)7-3-13)14-4-8-16(20)9-5-14;1-2-3-8(9)6-11-5-4-10-7-11/h2-10H,11H2,1H3;3-5,7H,2,6H2,1H3. The Morgan fingerprint density at radius 1 is 1.00 bits per heavy atom. The Morgan fingerprint density at radius 3 is 1.97 bits per heavy atom. The highest BCUT2D eigenvalue weighted by Crippen LogP contribution is 2.08. The Balaban J connectivity index is 0.000000262. The quantitative estimate of drug-likeness (QED) is 0.372. The average Bonchev–Trinajstić information content (AvgIpc) is 3.24. The molecule has 2 aromatic carbocycles. The molecular weight excluding hydrogens is 464 g/mol. The number of benzene rings is 2. The molecule has 1 aromatic heterocycles. The number of rotatable bonds is 7. The molecule has 0 N–H and O–H groups in total. The summed E-state index contributed by atoms with van der Waals surface area (Å²) in [7, 11) is 0. The molecule has 0 aliphatic heterocycles. The van der Waals surface area contributed by atoms with Crippen LogP contribution in [0, 0.1) is 11.6 Å². The second-order valence-electron chi connectivity index (χ2n) is 6.98. The van der Waals surface area contributed by atoms with E-state index < -0.39 is 0 Å². The first-order valence-corrected chi connectivity index (χ1v) is 10.8. The van der Waals surface area contributed by atoms with Crippen LogP contribution in [0.15, 0.2) is 89.7 Å². The number of allylic oxidation sites excluding steroid dienone is 4. The first-order valence-electron chi connectivity index (χ1n) is 10.0. The van der Waals surface area contributed by atoms with Gasteiger partial charge in [-0.05, 0) is 48.4 Å². The molecule has 7 heteroatoms. The third kappa shape index (κ3) is 9.01. The number of halogens is 4. The number of hydrogen-bond donors (Lipinski definition) is 0. The molecule has 31 heavy (non-hydrogen) atoms. The molecule has 0 saturated heterocycles. The van der Waals surface area contributed by atoms with Gasteiger partial charge < -0.3 is 4.57 Å². The smallest absolute Gasteiger partial charge is 0.213 e. The lowest BCUT2D eigenvalue weighted by Gasteiger charge is -2.13. The normalized spacial score (nSPS) is 11.7. The second kappa shape index (κ2) is 13.0. The highest BCUT2D eigenvalue weighted by molar-refractivity contribution is 9.11. The zero-order chi connectivity index (χ0) is 22.6. The van der Waals surface area contributed by atoms with E-state index in [4.69, 9.17) is 0 Å². The van der Waals surface area contributed by atoms with Crippen LogP contribution < -0.4 is 10.9 Å². The summed E-state index contributed by atoms with van der Waals surface area (Å²) in [6.45, 7) is 4.26. The highest BCUT2D eigenvalue weighted by Gasteiger charge is 2.18. The van der Waals surface area contributed by atoms with Gasteiger partial charge in [-0.25, -0.2) is 18.2 Å². The van der Waals surface area contributed by atoms with Crippen molar-refractivity contribution in [2.24, 2.45) is 0 Å². The van der Waals surface area contributed by atoms with E-state index >= 15 is 0 Å².